The second kappa shape index (κ2) is 12.3. The Kier molecular flexibility index (Phi) is 9.71. The lowest BCUT2D eigenvalue weighted by atomic mass is 10.0. The highest BCUT2D eigenvalue weighted by molar-refractivity contribution is 5.93. The zero-order chi connectivity index (χ0) is 20.2. The standard InChI is InChI=1S/C20H34N6O2/c1-4-22-20(24-9-8-23-19(27)17-6-5-7-21-14-17)25-15-18(16(2)3)26-10-12-28-13-11-26/h5-7,14,16,18H,4,8-13,15H2,1-3H3,(H,23,27)(H2,22,24,25). The molecule has 1 aromatic rings. The molecular weight excluding hydrogens is 356 g/mol. The van der Waals surface area contributed by atoms with E-state index in [0.29, 0.717) is 30.6 Å². The van der Waals surface area contributed by atoms with E-state index in [-0.39, 0.29) is 5.91 Å². The molecule has 1 aliphatic heterocycles. The van der Waals surface area contributed by atoms with Gasteiger partial charge in [-0.3, -0.25) is 19.7 Å². The Bertz CT molecular complexity index is 602. The molecule has 2 rings (SSSR count). The lowest BCUT2D eigenvalue weighted by Crippen LogP contribution is -2.48. The van der Waals surface area contributed by atoms with E-state index in [9.17, 15) is 4.79 Å². The fourth-order valence-electron chi connectivity index (χ4n) is 3.14. The van der Waals surface area contributed by atoms with E-state index in [1.807, 2.05) is 6.92 Å². The van der Waals surface area contributed by atoms with Crippen LogP contribution in [0.25, 0.3) is 0 Å². The number of rotatable bonds is 9. The summed E-state index contributed by atoms with van der Waals surface area (Å²) in [5, 5.41) is 9.45. The molecule has 1 aliphatic rings. The number of nitrogens with zero attached hydrogens (tertiary/aromatic N) is 3. The number of ether oxygens (including phenoxy) is 1. The molecule has 0 bridgehead atoms. The molecule has 156 valence electrons. The molecule has 8 heteroatoms. The largest absolute Gasteiger partial charge is 0.379 e. The van der Waals surface area contributed by atoms with Crippen LogP contribution in [-0.2, 0) is 4.74 Å². The Morgan fingerprint density at radius 2 is 2.00 bits per heavy atom. The van der Waals surface area contributed by atoms with Crippen LogP contribution < -0.4 is 16.0 Å². The van der Waals surface area contributed by atoms with Crippen LogP contribution in [0.2, 0.25) is 0 Å². The van der Waals surface area contributed by atoms with Gasteiger partial charge in [-0.15, -0.1) is 0 Å². The highest BCUT2D eigenvalue weighted by atomic mass is 16.5. The van der Waals surface area contributed by atoms with Gasteiger partial charge in [0.25, 0.3) is 5.91 Å². The van der Waals surface area contributed by atoms with Crippen molar-refractivity contribution in [3.05, 3.63) is 30.1 Å². The lowest BCUT2D eigenvalue weighted by Gasteiger charge is -2.36. The van der Waals surface area contributed by atoms with Crippen molar-refractivity contribution in [2.24, 2.45) is 10.9 Å². The third-order valence-corrected chi connectivity index (χ3v) is 4.69. The number of morpholine rings is 1. The van der Waals surface area contributed by atoms with Crippen molar-refractivity contribution in [2.75, 3.05) is 52.5 Å². The topological polar surface area (TPSA) is 90.9 Å². The van der Waals surface area contributed by atoms with Gasteiger partial charge in [-0.05, 0) is 25.0 Å². The van der Waals surface area contributed by atoms with Gasteiger partial charge in [-0.25, -0.2) is 0 Å². The van der Waals surface area contributed by atoms with E-state index < -0.39 is 0 Å². The third kappa shape index (κ3) is 7.44. The summed E-state index contributed by atoms with van der Waals surface area (Å²) in [4.78, 5) is 23.2. The Labute approximate surface area is 168 Å². The van der Waals surface area contributed by atoms with Gasteiger partial charge in [0.15, 0.2) is 5.96 Å². The minimum atomic E-state index is -0.121. The second-order valence-corrected chi connectivity index (χ2v) is 7.10. The monoisotopic (exact) mass is 390 g/mol. The molecule has 1 unspecified atom stereocenters. The van der Waals surface area contributed by atoms with Crippen LogP contribution in [0.15, 0.2) is 29.5 Å². The average Bonchev–Trinajstić information content (AvgIpc) is 2.72. The molecular formula is C20H34N6O2. The molecule has 1 amide bonds. The molecule has 1 saturated heterocycles. The smallest absolute Gasteiger partial charge is 0.252 e. The first-order chi connectivity index (χ1) is 13.6. The van der Waals surface area contributed by atoms with Crippen LogP contribution in [-0.4, -0.2) is 80.3 Å². The Hall–Kier alpha value is -2.19. The van der Waals surface area contributed by atoms with E-state index in [1.165, 1.54) is 0 Å². The predicted octanol–water partition coefficient (Wildman–Crippen LogP) is 0.723. The summed E-state index contributed by atoms with van der Waals surface area (Å²) in [6.07, 6.45) is 3.21. The van der Waals surface area contributed by atoms with E-state index in [4.69, 9.17) is 9.73 Å². The second-order valence-electron chi connectivity index (χ2n) is 7.10. The normalized spacial score (nSPS) is 16.6. The lowest BCUT2D eigenvalue weighted by molar-refractivity contribution is 0.00867. The minimum Gasteiger partial charge on any atom is -0.379 e. The Morgan fingerprint density at radius 3 is 2.64 bits per heavy atom. The molecule has 3 N–H and O–H groups in total. The number of amides is 1. The minimum absolute atomic E-state index is 0.121. The van der Waals surface area contributed by atoms with Crippen LogP contribution in [0.4, 0.5) is 0 Å². The van der Waals surface area contributed by atoms with Gasteiger partial charge in [-0.1, -0.05) is 13.8 Å². The van der Waals surface area contributed by atoms with Crippen molar-refractivity contribution < 1.29 is 9.53 Å². The summed E-state index contributed by atoms with van der Waals surface area (Å²) in [5.41, 5.74) is 0.563. The molecule has 0 aliphatic carbocycles. The van der Waals surface area contributed by atoms with Crippen molar-refractivity contribution in [3.8, 4) is 0 Å². The molecule has 8 nitrogen and oxygen atoms in total. The van der Waals surface area contributed by atoms with Crippen molar-refractivity contribution in [3.63, 3.8) is 0 Å². The highest BCUT2D eigenvalue weighted by Crippen LogP contribution is 2.13. The number of carbonyl (C=O) groups is 1. The number of hydrogen-bond donors (Lipinski definition) is 3. The zero-order valence-electron chi connectivity index (χ0n) is 17.3. The number of guanidine groups is 1. The quantitative estimate of drug-likeness (QED) is 0.327. The zero-order valence-corrected chi connectivity index (χ0v) is 17.3. The maximum absolute atomic E-state index is 12.0. The van der Waals surface area contributed by atoms with Crippen LogP contribution in [0, 0.1) is 5.92 Å². The van der Waals surface area contributed by atoms with Crippen LogP contribution in [0.5, 0.6) is 0 Å². The van der Waals surface area contributed by atoms with Crippen molar-refractivity contribution >= 4 is 11.9 Å². The first kappa shape index (κ1) is 22.1. The molecule has 0 aromatic carbocycles. The number of aliphatic imine (C=N–C) groups is 1. The average molecular weight is 391 g/mol. The molecule has 2 heterocycles. The Morgan fingerprint density at radius 1 is 1.25 bits per heavy atom. The van der Waals surface area contributed by atoms with Crippen molar-refractivity contribution in [2.45, 2.75) is 26.8 Å². The molecule has 28 heavy (non-hydrogen) atoms. The maximum atomic E-state index is 12.0. The summed E-state index contributed by atoms with van der Waals surface area (Å²) in [7, 11) is 0. The van der Waals surface area contributed by atoms with Gasteiger partial charge < -0.3 is 20.7 Å². The predicted molar refractivity (Wildman–Crippen MR) is 112 cm³/mol. The summed E-state index contributed by atoms with van der Waals surface area (Å²) < 4.78 is 5.47. The van der Waals surface area contributed by atoms with Gasteiger partial charge in [0, 0.05) is 51.2 Å². The molecule has 1 fully saturated rings. The molecule has 1 aromatic heterocycles. The fourth-order valence-corrected chi connectivity index (χ4v) is 3.14. The van der Waals surface area contributed by atoms with Crippen molar-refractivity contribution in [1.82, 2.24) is 25.8 Å². The highest BCUT2D eigenvalue weighted by Gasteiger charge is 2.23. The number of carbonyl (C=O) groups excluding carboxylic acids is 1. The maximum Gasteiger partial charge on any atom is 0.252 e. The number of hydrogen-bond acceptors (Lipinski definition) is 5. The molecule has 1 atom stereocenters. The molecule has 0 saturated carbocycles. The van der Waals surface area contributed by atoms with E-state index >= 15 is 0 Å². The SMILES string of the molecule is CCNC(=NCC(C(C)C)N1CCOCC1)NCCNC(=O)c1cccnc1. The van der Waals surface area contributed by atoms with Crippen molar-refractivity contribution in [1.29, 1.82) is 0 Å². The van der Waals surface area contributed by atoms with Gasteiger partial charge in [0.2, 0.25) is 0 Å². The number of aromatic nitrogens is 1. The van der Waals surface area contributed by atoms with Crippen LogP contribution >= 0.6 is 0 Å². The fraction of sp³-hybridized carbons (Fsp3) is 0.650. The van der Waals surface area contributed by atoms with E-state index in [1.54, 1.807) is 24.5 Å². The van der Waals surface area contributed by atoms with Gasteiger partial charge >= 0.3 is 0 Å². The summed E-state index contributed by atoms with van der Waals surface area (Å²) >= 11 is 0. The first-order valence-corrected chi connectivity index (χ1v) is 10.1. The Balaban J connectivity index is 1.81. The molecule has 0 spiro atoms. The van der Waals surface area contributed by atoms with Crippen LogP contribution in [0.1, 0.15) is 31.1 Å². The first-order valence-electron chi connectivity index (χ1n) is 10.1. The van der Waals surface area contributed by atoms with E-state index in [2.05, 4.69) is 39.7 Å². The van der Waals surface area contributed by atoms with Gasteiger partial charge in [-0.2, -0.15) is 0 Å². The number of pyridine rings is 1. The number of nitrogens with one attached hydrogen (secondary N) is 3. The molecule has 0 radical (unpaired) electrons. The summed E-state index contributed by atoms with van der Waals surface area (Å²) in [6, 6.07) is 3.89. The van der Waals surface area contributed by atoms with E-state index in [0.717, 1.165) is 45.4 Å². The summed E-state index contributed by atoms with van der Waals surface area (Å²) in [6.45, 7) is 12.7. The third-order valence-electron chi connectivity index (χ3n) is 4.69. The van der Waals surface area contributed by atoms with Gasteiger partial charge in [0.1, 0.15) is 0 Å². The van der Waals surface area contributed by atoms with Gasteiger partial charge in [0.05, 0.1) is 25.3 Å². The summed E-state index contributed by atoms with van der Waals surface area (Å²) in [5.74, 6) is 1.17. The van der Waals surface area contributed by atoms with Crippen LogP contribution in [0.3, 0.4) is 0 Å².